The van der Waals surface area contributed by atoms with Crippen LogP contribution in [0.1, 0.15) is 12.8 Å². The van der Waals surface area contributed by atoms with Gasteiger partial charge in [0.25, 0.3) is 0 Å². The minimum Gasteiger partial charge on any atom is -0.490 e. The van der Waals surface area contributed by atoms with Crippen molar-refractivity contribution in [1.29, 1.82) is 0 Å². The molecule has 0 aliphatic carbocycles. The molecule has 2 rings (SSSR count). The lowest BCUT2D eigenvalue weighted by atomic mass is 10.2. The van der Waals surface area contributed by atoms with E-state index >= 15 is 0 Å². The van der Waals surface area contributed by atoms with E-state index in [-0.39, 0.29) is 5.91 Å². The molecular weight excluding hydrogens is 393 g/mol. The zero-order chi connectivity index (χ0) is 14.5. The monoisotopic (exact) mass is 405 g/mol. The number of hydrogen-bond donors (Lipinski definition) is 2. The van der Waals surface area contributed by atoms with Crippen molar-refractivity contribution in [3.8, 4) is 5.75 Å². The molecule has 0 aliphatic rings. The maximum atomic E-state index is 11.0. The molecule has 0 atom stereocenters. The van der Waals surface area contributed by atoms with Crippen LogP contribution in [0.15, 0.2) is 24.4 Å². The van der Waals surface area contributed by atoms with Crippen LogP contribution in [0.5, 0.6) is 5.75 Å². The number of rotatable bonds is 5. The quantitative estimate of drug-likeness (QED) is 0.264. The lowest BCUT2D eigenvalue weighted by Crippen LogP contribution is -2.30. The number of hydrogen-bond acceptors (Lipinski definition) is 4. The van der Waals surface area contributed by atoms with E-state index in [1.54, 1.807) is 6.20 Å². The van der Waals surface area contributed by atoms with Crippen molar-refractivity contribution in [2.45, 2.75) is 12.8 Å². The molecule has 20 heavy (non-hydrogen) atoms. The second kappa shape index (κ2) is 7.05. The molecule has 5 nitrogen and oxygen atoms in total. The Morgan fingerprint density at radius 1 is 1.55 bits per heavy atom. The highest BCUT2D eigenvalue weighted by Gasteiger charge is 2.12. The van der Waals surface area contributed by atoms with Gasteiger partial charge in [0.1, 0.15) is 5.52 Å². The van der Waals surface area contributed by atoms with Crippen LogP contribution >= 0.6 is 34.2 Å². The number of ether oxygens (including phenoxy) is 1. The zero-order valence-electron chi connectivity index (χ0n) is 10.5. The first kappa shape index (κ1) is 15.3. The van der Waals surface area contributed by atoms with Crippen LogP contribution in [0, 0.1) is 3.57 Å². The van der Waals surface area contributed by atoms with E-state index in [0.717, 1.165) is 14.5 Å². The molecule has 1 aromatic carbocycles. The van der Waals surface area contributed by atoms with Gasteiger partial charge in [-0.15, -0.1) is 0 Å². The van der Waals surface area contributed by atoms with Crippen LogP contribution < -0.4 is 16.0 Å². The molecule has 0 spiro atoms. The minimum atomic E-state index is -0.206. The van der Waals surface area contributed by atoms with Gasteiger partial charge < -0.3 is 4.74 Å². The number of pyridine rings is 1. The van der Waals surface area contributed by atoms with Gasteiger partial charge in [0.15, 0.2) is 5.75 Å². The molecule has 0 bridgehead atoms. The van der Waals surface area contributed by atoms with E-state index in [0.29, 0.717) is 30.2 Å². The van der Waals surface area contributed by atoms with Gasteiger partial charge in [-0.2, -0.15) is 0 Å². The largest absolute Gasteiger partial charge is 0.490 e. The maximum absolute atomic E-state index is 11.0. The number of nitrogens with zero attached hydrogens (tertiary/aromatic N) is 1. The Morgan fingerprint density at radius 2 is 2.35 bits per heavy atom. The third-order valence-electron chi connectivity index (χ3n) is 2.71. The van der Waals surface area contributed by atoms with Gasteiger partial charge in [0.2, 0.25) is 5.91 Å². The number of nitrogens with one attached hydrogen (secondary N) is 1. The van der Waals surface area contributed by atoms with Crippen LogP contribution in [0.2, 0.25) is 5.02 Å². The highest BCUT2D eigenvalue weighted by molar-refractivity contribution is 14.1. The Bertz CT molecular complexity index is 636. The average molecular weight is 406 g/mol. The third kappa shape index (κ3) is 3.50. The van der Waals surface area contributed by atoms with Crippen LogP contribution in [-0.2, 0) is 4.79 Å². The summed E-state index contributed by atoms with van der Waals surface area (Å²) in [5.41, 5.74) is 2.82. The van der Waals surface area contributed by atoms with Crippen molar-refractivity contribution < 1.29 is 9.53 Å². The standard InChI is InChI=1S/C13H13ClIN3O2/c14-9-7-10(15)13(12-8(9)3-1-5-17-12)20-6-2-4-11(19)18-16/h1,3,5,7H,2,4,6,16H2,(H,18,19). The Hall–Kier alpha value is -1.12. The molecule has 1 aromatic heterocycles. The van der Waals surface area contributed by atoms with Crippen LogP contribution in [-0.4, -0.2) is 17.5 Å². The summed E-state index contributed by atoms with van der Waals surface area (Å²) in [7, 11) is 0. The van der Waals surface area contributed by atoms with Crippen molar-refractivity contribution in [2.75, 3.05) is 6.61 Å². The fourth-order valence-electron chi connectivity index (χ4n) is 1.76. The van der Waals surface area contributed by atoms with Crippen molar-refractivity contribution in [2.24, 2.45) is 5.84 Å². The molecule has 2 aromatic rings. The molecule has 3 N–H and O–H groups in total. The van der Waals surface area contributed by atoms with Gasteiger partial charge in [-0.05, 0) is 47.2 Å². The first-order valence-corrected chi connectivity index (χ1v) is 7.44. The van der Waals surface area contributed by atoms with E-state index in [1.165, 1.54) is 0 Å². The van der Waals surface area contributed by atoms with Gasteiger partial charge in [-0.1, -0.05) is 11.6 Å². The number of carbonyl (C=O) groups excluding carboxylic acids is 1. The molecular formula is C13H13ClIN3O2. The van der Waals surface area contributed by atoms with Crippen molar-refractivity contribution in [3.63, 3.8) is 0 Å². The lowest BCUT2D eigenvalue weighted by molar-refractivity contribution is -0.121. The van der Waals surface area contributed by atoms with Gasteiger partial charge in [0, 0.05) is 18.0 Å². The Morgan fingerprint density at radius 3 is 3.10 bits per heavy atom. The minimum absolute atomic E-state index is 0.206. The summed E-state index contributed by atoms with van der Waals surface area (Å²) in [5.74, 6) is 5.50. The average Bonchev–Trinajstić information content (AvgIpc) is 2.46. The second-order valence-corrected chi connectivity index (χ2v) is 5.66. The van der Waals surface area contributed by atoms with Crippen LogP contribution in [0.25, 0.3) is 10.9 Å². The number of halogens is 2. The van der Waals surface area contributed by atoms with E-state index < -0.39 is 0 Å². The summed E-state index contributed by atoms with van der Waals surface area (Å²) in [4.78, 5) is 15.3. The number of fused-ring (bicyclic) bond motifs is 1. The summed E-state index contributed by atoms with van der Waals surface area (Å²) in [6.07, 6.45) is 2.60. The fraction of sp³-hybridized carbons (Fsp3) is 0.231. The number of carbonyl (C=O) groups is 1. The highest BCUT2D eigenvalue weighted by Crippen LogP contribution is 2.34. The number of hydrazine groups is 1. The summed E-state index contributed by atoms with van der Waals surface area (Å²) in [6.45, 7) is 0.413. The molecule has 0 radical (unpaired) electrons. The molecule has 7 heteroatoms. The number of amides is 1. The smallest absolute Gasteiger partial charge is 0.234 e. The van der Waals surface area contributed by atoms with Crippen LogP contribution in [0.4, 0.5) is 0 Å². The summed E-state index contributed by atoms with van der Waals surface area (Å²) in [5, 5.41) is 1.50. The molecule has 0 aliphatic heterocycles. The Balaban J connectivity index is 2.15. The van der Waals surface area contributed by atoms with Gasteiger partial charge in [-0.3, -0.25) is 15.2 Å². The fourth-order valence-corrected chi connectivity index (χ4v) is 2.93. The predicted octanol–water partition coefficient (Wildman–Crippen LogP) is 2.64. The Kier molecular flexibility index (Phi) is 5.38. The predicted molar refractivity (Wildman–Crippen MR) is 86.5 cm³/mol. The van der Waals surface area contributed by atoms with E-state index in [2.05, 4.69) is 33.0 Å². The summed E-state index contributed by atoms with van der Waals surface area (Å²) < 4.78 is 6.64. The van der Waals surface area contributed by atoms with Crippen LogP contribution in [0.3, 0.4) is 0 Å². The zero-order valence-corrected chi connectivity index (χ0v) is 13.4. The molecule has 0 unspecified atom stereocenters. The normalized spacial score (nSPS) is 10.6. The summed E-state index contributed by atoms with van der Waals surface area (Å²) in [6, 6.07) is 5.57. The Labute approximate surface area is 134 Å². The van der Waals surface area contributed by atoms with Crippen molar-refractivity contribution in [3.05, 3.63) is 33.0 Å². The van der Waals surface area contributed by atoms with E-state index in [4.69, 9.17) is 22.2 Å². The van der Waals surface area contributed by atoms with Gasteiger partial charge >= 0.3 is 0 Å². The number of benzene rings is 1. The van der Waals surface area contributed by atoms with Gasteiger partial charge in [0.05, 0.1) is 15.2 Å². The van der Waals surface area contributed by atoms with E-state index in [1.807, 2.05) is 18.2 Å². The number of aromatic nitrogens is 1. The van der Waals surface area contributed by atoms with Crippen molar-refractivity contribution in [1.82, 2.24) is 10.4 Å². The first-order chi connectivity index (χ1) is 9.63. The van der Waals surface area contributed by atoms with E-state index in [9.17, 15) is 4.79 Å². The molecule has 106 valence electrons. The van der Waals surface area contributed by atoms with Crippen molar-refractivity contribution >= 4 is 51.0 Å². The lowest BCUT2D eigenvalue weighted by Gasteiger charge is -2.11. The molecule has 0 fully saturated rings. The molecule has 1 amide bonds. The SMILES string of the molecule is NNC(=O)CCCOc1c(I)cc(Cl)c2cccnc12. The maximum Gasteiger partial charge on any atom is 0.234 e. The molecule has 0 saturated heterocycles. The summed E-state index contributed by atoms with van der Waals surface area (Å²) >= 11 is 8.35. The highest BCUT2D eigenvalue weighted by atomic mass is 127. The second-order valence-electron chi connectivity index (χ2n) is 4.09. The number of nitrogens with two attached hydrogens (primary N) is 1. The van der Waals surface area contributed by atoms with Gasteiger partial charge in [-0.25, -0.2) is 5.84 Å². The topological polar surface area (TPSA) is 77.2 Å². The molecule has 1 heterocycles. The first-order valence-electron chi connectivity index (χ1n) is 5.98. The molecule has 0 saturated carbocycles. The third-order valence-corrected chi connectivity index (χ3v) is 3.82.